The predicted octanol–water partition coefficient (Wildman–Crippen LogP) is 4.88. The first kappa shape index (κ1) is 29.6. The van der Waals surface area contributed by atoms with Crippen molar-refractivity contribution in [2.75, 3.05) is 11.4 Å². The Labute approximate surface area is 234 Å². The average molecular weight is 570 g/mol. The fourth-order valence-corrected chi connectivity index (χ4v) is 4.79. The van der Waals surface area contributed by atoms with Crippen molar-refractivity contribution in [2.45, 2.75) is 51.1 Å². The Morgan fingerprint density at radius 3 is 2.29 bits per heavy atom. The van der Waals surface area contributed by atoms with E-state index in [9.17, 15) is 27.6 Å². The third-order valence-electron chi connectivity index (χ3n) is 6.90. The molecule has 0 saturated heterocycles. The van der Waals surface area contributed by atoms with Crippen molar-refractivity contribution in [1.29, 1.82) is 0 Å². The van der Waals surface area contributed by atoms with Gasteiger partial charge in [0.25, 0.3) is 11.8 Å². The fourth-order valence-electron chi connectivity index (χ4n) is 4.79. The average Bonchev–Trinajstić information content (AvgIpc) is 3.13. The summed E-state index contributed by atoms with van der Waals surface area (Å²) in [6.45, 7) is 2.20. The minimum absolute atomic E-state index is 0.00286. The van der Waals surface area contributed by atoms with Gasteiger partial charge in [-0.25, -0.2) is 0 Å². The summed E-state index contributed by atoms with van der Waals surface area (Å²) in [5.74, 6) is -2.30. The summed E-state index contributed by atoms with van der Waals surface area (Å²) in [5.41, 5.74) is 8.69. The zero-order chi connectivity index (χ0) is 29.8. The number of ether oxygens (including phenoxy) is 1. The van der Waals surface area contributed by atoms with Gasteiger partial charge in [0.2, 0.25) is 0 Å². The Bertz CT molecular complexity index is 1420. The molecule has 1 heterocycles. The van der Waals surface area contributed by atoms with Crippen LogP contribution < -0.4 is 20.7 Å². The molecule has 0 aliphatic carbocycles. The standard InChI is InChI=1S/C30H30F3N3O5/c1-2-3-4-19-7-14-25-24(17-19)29(34,22-10-12-23(13-11-22)41-30(31,32)33)28(40)36(25)18-20-5-8-21(9-6-20)27(39)35-16-15-26(37)38/h5-14,17H,2-4,15-16,18,34H2,1H3,(H,35,39)(H,37,38). The van der Waals surface area contributed by atoms with Gasteiger partial charge < -0.3 is 25.8 Å². The number of carbonyl (C=O) groups is 3. The van der Waals surface area contributed by atoms with E-state index in [4.69, 9.17) is 10.8 Å². The third-order valence-corrected chi connectivity index (χ3v) is 6.90. The maximum Gasteiger partial charge on any atom is 0.573 e. The highest BCUT2D eigenvalue weighted by atomic mass is 19.4. The summed E-state index contributed by atoms with van der Waals surface area (Å²) < 4.78 is 42.0. The molecule has 4 N–H and O–H groups in total. The molecule has 0 spiro atoms. The lowest BCUT2D eigenvalue weighted by molar-refractivity contribution is -0.274. The zero-order valence-corrected chi connectivity index (χ0v) is 22.3. The monoisotopic (exact) mass is 569 g/mol. The minimum Gasteiger partial charge on any atom is -0.481 e. The molecule has 1 unspecified atom stereocenters. The summed E-state index contributed by atoms with van der Waals surface area (Å²) in [6, 6.07) is 17.2. The summed E-state index contributed by atoms with van der Waals surface area (Å²) in [6.07, 6.45) is -2.35. The molecular weight excluding hydrogens is 539 g/mol. The number of rotatable bonds is 11. The van der Waals surface area contributed by atoms with Gasteiger partial charge in [-0.15, -0.1) is 13.2 Å². The van der Waals surface area contributed by atoms with E-state index in [1.54, 1.807) is 24.3 Å². The topological polar surface area (TPSA) is 122 Å². The number of hydrogen-bond acceptors (Lipinski definition) is 5. The number of unbranched alkanes of at least 4 members (excludes halogenated alkanes) is 1. The highest BCUT2D eigenvalue weighted by molar-refractivity contribution is 6.10. The number of hydrogen-bond donors (Lipinski definition) is 3. The SMILES string of the molecule is CCCCc1ccc2c(c1)C(N)(c1ccc(OC(F)(F)F)cc1)C(=O)N2Cc1ccc(C(=O)NCCC(=O)O)cc1. The van der Waals surface area contributed by atoms with Crippen LogP contribution in [0.4, 0.5) is 18.9 Å². The normalized spacial score (nSPS) is 16.4. The number of aryl methyl sites for hydroxylation is 1. The quantitative estimate of drug-likeness (QED) is 0.303. The Hall–Kier alpha value is -4.38. The van der Waals surface area contributed by atoms with Crippen LogP contribution in [0.1, 0.15) is 58.8 Å². The van der Waals surface area contributed by atoms with Crippen molar-refractivity contribution in [3.05, 3.63) is 94.5 Å². The first-order valence-corrected chi connectivity index (χ1v) is 13.1. The lowest BCUT2D eigenvalue weighted by Gasteiger charge is -2.25. The number of anilines is 1. The maximum absolute atomic E-state index is 14.0. The van der Waals surface area contributed by atoms with Gasteiger partial charge in [-0.3, -0.25) is 14.4 Å². The second-order valence-electron chi connectivity index (χ2n) is 9.82. The number of nitrogens with zero attached hydrogens (tertiary/aromatic N) is 1. The molecule has 0 saturated carbocycles. The van der Waals surface area contributed by atoms with E-state index in [2.05, 4.69) is 17.0 Å². The van der Waals surface area contributed by atoms with Crippen molar-refractivity contribution in [2.24, 2.45) is 5.73 Å². The molecule has 216 valence electrons. The molecule has 11 heteroatoms. The van der Waals surface area contributed by atoms with Gasteiger partial charge >= 0.3 is 12.3 Å². The lowest BCUT2D eigenvalue weighted by atomic mass is 9.84. The van der Waals surface area contributed by atoms with Crippen molar-refractivity contribution >= 4 is 23.5 Å². The van der Waals surface area contributed by atoms with Crippen molar-refractivity contribution < 1.29 is 37.4 Å². The number of alkyl halides is 3. The number of nitrogens with one attached hydrogen (secondary N) is 1. The fraction of sp³-hybridized carbons (Fsp3) is 0.300. The number of aliphatic carboxylic acids is 1. The zero-order valence-electron chi connectivity index (χ0n) is 22.3. The Balaban J connectivity index is 1.63. The van der Waals surface area contributed by atoms with Gasteiger partial charge in [-0.1, -0.05) is 49.7 Å². The smallest absolute Gasteiger partial charge is 0.481 e. The van der Waals surface area contributed by atoms with Gasteiger partial charge in [-0.05, 0) is 59.9 Å². The molecule has 1 aliphatic heterocycles. The number of benzene rings is 3. The van der Waals surface area contributed by atoms with Crippen LogP contribution in [0.5, 0.6) is 5.75 Å². The van der Waals surface area contributed by atoms with E-state index in [1.165, 1.54) is 17.0 Å². The highest BCUT2D eigenvalue weighted by Gasteiger charge is 2.49. The van der Waals surface area contributed by atoms with E-state index in [0.29, 0.717) is 27.9 Å². The van der Waals surface area contributed by atoms with Crippen molar-refractivity contribution in [3.8, 4) is 5.75 Å². The van der Waals surface area contributed by atoms with Gasteiger partial charge in [0.15, 0.2) is 0 Å². The first-order chi connectivity index (χ1) is 19.4. The van der Waals surface area contributed by atoms with Gasteiger partial charge in [0.1, 0.15) is 11.3 Å². The largest absolute Gasteiger partial charge is 0.573 e. The van der Waals surface area contributed by atoms with E-state index in [-0.39, 0.29) is 19.5 Å². The third kappa shape index (κ3) is 6.68. The molecule has 41 heavy (non-hydrogen) atoms. The van der Waals surface area contributed by atoms with Crippen LogP contribution in [-0.2, 0) is 28.1 Å². The van der Waals surface area contributed by atoms with Crippen LogP contribution in [-0.4, -0.2) is 35.8 Å². The van der Waals surface area contributed by atoms with E-state index < -0.39 is 35.4 Å². The molecule has 8 nitrogen and oxygen atoms in total. The van der Waals surface area contributed by atoms with Gasteiger partial charge in [0.05, 0.1) is 18.7 Å². The molecule has 3 aromatic rings. The Morgan fingerprint density at radius 2 is 1.68 bits per heavy atom. The number of carboxylic acids is 1. The predicted molar refractivity (Wildman–Crippen MR) is 145 cm³/mol. The summed E-state index contributed by atoms with van der Waals surface area (Å²) in [7, 11) is 0. The molecule has 0 aromatic heterocycles. The second kappa shape index (κ2) is 12.0. The molecule has 1 aliphatic rings. The molecule has 0 fully saturated rings. The van der Waals surface area contributed by atoms with E-state index >= 15 is 0 Å². The van der Waals surface area contributed by atoms with Crippen LogP contribution in [0.2, 0.25) is 0 Å². The summed E-state index contributed by atoms with van der Waals surface area (Å²) in [5, 5.41) is 11.3. The van der Waals surface area contributed by atoms with E-state index in [1.807, 2.05) is 18.2 Å². The van der Waals surface area contributed by atoms with Crippen LogP contribution in [0.15, 0.2) is 66.7 Å². The highest BCUT2D eigenvalue weighted by Crippen LogP contribution is 2.44. The second-order valence-corrected chi connectivity index (χ2v) is 9.82. The Morgan fingerprint density at radius 1 is 1.02 bits per heavy atom. The first-order valence-electron chi connectivity index (χ1n) is 13.1. The van der Waals surface area contributed by atoms with E-state index in [0.717, 1.165) is 37.0 Å². The molecule has 0 radical (unpaired) electrons. The van der Waals surface area contributed by atoms with Gasteiger partial charge in [-0.2, -0.15) is 0 Å². The van der Waals surface area contributed by atoms with Gasteiger partial charge in [0, 0.05) is 17.7 Å². The molecule has 4 rings (SSSR count). The maximum atomic E-state index is 14.0. The minimum atomic E-state index is -4.85. The van der Waals surface area contributed by atoms with Crippen LogP contribution in [0.3, 0.4) is 0 Å². The summed E-state index contributed by atoms with van der Waals surface area (Å²) in [4.78, 5) is 38.4. The number of carbonyl (C=O) groups excluding carboxylic acids is 2. The van der Waals surface area contributed by atoms with Crippen molar-refractivity contribution in [1.82, 2.24) is 5.32 Å². The number of fused-ring (bicyclic) bond motifs is 1. The number of carboxylic acid groups (broad SMARTS) is 1. The molecule has 3 aromatic carbocycles. The van der Waals surface area contributed by atoms with Crippen LogP contribution in [0.25, 0.3) is 0 Å². The number of halogens is 3. The van der Waals surface area contributed by atoms with Crippen LogP contribution >= 0.6 is 0 Å². The molecule has 1 atom stereocenters. The lowest BCUT2D eigenvalue weighted by Crippen LogP contribution is -2.48. The number of nitrogens with two attached hydrogens (primary N) is 1. The number of amides is 2. The Kier molecular flexibility index (Phi) is 8.67. The molecule has 2 amide bonds. The summed E-state index contributed by atoms with van der Waals surface area (Å²) >= 11 is 0. The van der Waals surface area contributed by atoms with Crippen LogP contribution in [0, 0.1) is 0 Å². The molecular formula is C30H30F3N3O5. The van der Waals surface area contributed by atoms with Crippen molar-refractivity contribution in [3.63, 3.8) is 0 Å². The molecule has 0 bridgehead atoms.